The Morgan fingerprint density at radius 3 is 3.00 bits per heavy atom. The number of hydrogen-bond donors (Lipinski definition) is 1. The van der Waals surface area contributed by atoms with Crippen LogP contribution in [0.25, 0.3) is 0 Å². The second-order valence-corrected chi connectivity index (χ2v) is 2.00. The molecule has 1 aliphatic heterocycles. The van der Waals surface area contributed by atoms with Crippen LogP contribution < -0.4 is 5.32 Å². The molecule has 0 atom stereocenters. The predicted octanol–water partition coefficient (Wildman–Crippen LogP) is 1.16. The van der Waals surface area contributed by atoms with Crippen LogP contribution in [0.3, 0.4) is 0 Å². The fourth-order valence-electron chi connectivity index (χ4n) is 0.835. The average molecular weight is 154 g/mol. The molecule has 11 heavy (non-hydrogen) atoms. The third-order valence-corrected chi connectivity index (χ3v) is 1.29. The van der Waals surface area contributed by atoms with Crippen molar-refractivity contribution in [1.29, 1.82) is 0 Å². The van der Waals surface area contributed by atoms with Crippen LogP contribution in [0, 0.1) is 6.23 Å². The summed E-state index contributed by atoms with van der Waals surface area (Å²) in [5.41, 5.74) is 0. The van der Waals surface area contributed by atoms with Crippen LogP contribution >= 0.6 is 0 Å². The van der Waals surface area contributed by atoms with Crippen LogP contribution in [0.1, 0.15) is 6.92 Å². The van der Waals surface area contributed by atoms with Crippen LogP contribution in [0.5, 0.6) is 0 Å². The molecule has 0 aromatic heterocycles. The third kappa shape index (κ3) is 1.98. The summed E-state index contributed by atoms with van der Waals surface area (Å²) < 4.78 is 10.3. The summed E-state index contributed by atoms with van der Waals surface area (Å²) in [5.74, 6) is 0.748. The maximum absolute atomic E-state index is 5.27. The van der Waals surface area contributed by atoms with Gasteiger partial charge >= 0.3 is 0 Å². The van der Waals surface area contributed by atoms with Gasteiger partial charge in [0.2, 0.25) is 0 Å². The molecule has 1 aliphatic rings. The SMILES string of the molecule is CCOC1=CC=CN[C]1OC. The Balaban J connectivity index is 2.55. The molecule has 0 fully saturated rings. The number of ether oxygens (including phenoxy) is 2. The molecule has 0 amide bonds. The van der Waals surface area contributed by atoms with Gasteiger partial charge in [0.05, 0.1) is 6.61 Å². The number of nitrogens with one attached hydrogen (secondary N) is 1. The fraction of sp³-hybridized carbons (Fsp3) is 0.375. The Bertz CT molecular complexity index is 175. The molecule has 3 nitrogen and oxygen atoms in total. The van der Waals surface area contributed by atoms with Crippen LogP contribution in [-0.4, -0.2) is 13.7 Å². The first-order valence-corrected chi connectivity index (χ1v) is 3.56. The quantitative estimate of drug-likeness (QED) is 0.661. The molecule has 0 saturated carbocycles. The fourth-order valence-corrected chi connectivity index (χ4v) is 0.835. The molecule has 1 N–H and O–H groups in total. The van der Waals surface area contributed by atoms with Gasteiger partial charge in [-0.3, -0.25) is 0 Å². The second kappa shape index (κ2) is 4.03. The van der Waals surface area contributed by atoms with Gasteiger partial charge in [-0.05, 0) is 25.3 Å². The Morgan fingerprint density at radius 2 is 2.36 bits per heavy atom. The number of dihydropyridines is 1. The number of rotatable bonds is 3. The van der Waals surface area contributed by atoms with Crippen molar-refractivity contribution in [2.24, 2.45) is 0 Å². The lowest BCUT2D eigenvalue weighted by Crippen LogP contribution is -2.22. The summed E-state index contributed by atoms with van der Waals surface area (Å²) in [7, 11) is 1.61. The molecular weight excluding hydrogens is 142 g/mol. The van der Waals surface area contributed by atoms with Gasteiger partial charge in [0.1, 0.15) is 0 Å². The minimum absolute atomic E-state index is 0.647. The van der Waals surface area contributed by atoms with Gasteiger partial charge in [-0.15, -0.1) is 0 Å². The Morgan fingerprint density at radius 1 is 1.55 bits per heavy atom. The summed E-state index contributed by atoms with van der Waals surface area (Å²) in [5, 5.41) is 2.92. The molecule has 1 radical (unpaired) electrons. The van der Waals surface area contributed by atoms with E-state index in [2.05, 4.69) is 5.32 Å². The average Bonchev–Trinajstić information content (AvgIpc) is 2.06. The molecule has 0 bridgehead atoms. The summed E-state index contributed by atoms with van der Waals surface area (Å²) in [4.78, 5) is 0. The van der Waals surface area contributed by atoms with E-state index < -0.39 is 0 Å². The first-order valence-electron chi connectivity index (χ1n) is 3.56. The highest BCUT2D eigenvalue weighted by molar-refractivity contribution is 5.23. The maximum atomic E-state index is 5.27. The lowest BCUT2D eigenvalue weighted by Gasteiger charge is -2.19. The molecule has 0 aliphatic carbocycles. The van der Waals surface area contributed by atoms with E-state index in [4.69, 9.17) is 9.47 Å². The van der Waals surface area contributed by atoms with Crippen molar-refractivity contribution < 1.29 is 9.47 Å². The summed E-state index contributed by atoms with van der Waals surface area (Å²) >= 11 is 0. The molecule has 1 rings (SSSR count). The number of allylic oxidation sites excluding steroid dienone is 2. The van der Waals surface area contributed by atoms with E-state index >= 15 is 0 Å². The molecule has 0 spiro atoms. The molecule has 1 heterocycles. The van der Waals surface area contributed by atoms with E-state index in [0.717, 1.165) is 5.76 Å². The zero-order valence-electron chi connectivity index (χ0n) is 6.76. The minimum atomic E-state index is 0.647. The van der Waals surface area contributed by atoms with Crippen LogP contribution in [0.4, 0.5) is 0 Å². The monoisotopic (exact) mass is 154 g/mol. The highest BCUT2D eigenvalue weighted by Gasteiger charge is 2.16. The molecular formula is C8H12NO2. The minimum Gasteiger partial charge on any atom is -0.493 e. The lowest BCUT2D eigenvalue weighted by atomic mass is 10.3. The van der Waals surface area contributed by atoms with Gasteiger partial charge in [-0.1, -0.05) is 0 Å². The van der Waals surface area contributed by atoms with Crippen LogP contribution in [0.15, 0.2) is 24.1 Å². The molecule has 0 aromatic carbocycles. The Labute approximate surface area is 66.7 Å². The first kappa shape index (κ1) is 8.14. The summed E-state index contributed by atoms with van der Waals surface area (Å²) in [6, 6.07) is 0. The van der Waals surface area contributed by atoms with Crippen molar-refractivity contribution in [2.45, 2.75) is 6.92 Å². The second-order valence-electron chi connectivity index (χ2n) is 2.00. The van der Waals surface area contributed by atoms with E-state index in [0.29, 0.717) is 12.8 Å². The lowest BCUT2D eigenvalue weighted by molar-refractivity contribution is 0.126. The maximum Gasteiger partial charge on any atom is 0.253 e. The first-order chi connectivity index (χ1) is 5.38. The van der Waals surface area contributed by atoms with Gasteiger partial charge < -0.3 is 14.8 Å². The molecule has 0 unspecified atom stereocenters. The van der Waals surface area contributed by atoms with Crippen molar-refractivity contribution in [1.82, 2.24) is 5.32 Å². The molecule has 0 aromatic rings. The van der Waals surface area contributed by atoms with Crippen molar-refractivity contribution in [3.8, 4) is 0 Å². The smallest absolute Gasteiger partial charge is 0.253 e. The standard InChI is InChI=1S/C8H12NO2/c1-3-11-7-5-4-6-9-8(7)10-2/h4-6,9H,3H2,1-2H3. The zero-order valence-corrected chi connectivity index (χ0v) is 6.76. The van der Waals surface area contributed by atoms with Gasteiger partial charge in [-0.25, -0.2) is 0 Å². The molecule has 0 saturated heterocycles. The van der Waals surface area contributed by atoms with E-state index in [1.165, 1.54) is 0 Å². The third-order valence-electron chi connectivity index (χ3n) is 1.29. The van der Waals surface area contributed by atoms with Crippen molar-refractivity contribution in [3.05, 3.63) is 30.3 Å². The zero-order chi connectivity index (χ0) is 8.10. The molecule has 3 heteroatoms. The normalized spacial score (nSPS) is 17.5. The summed E-state index contributed by atoms with van der Waals surface area (Å²) in [6.07, 6.45) is 6.18. The van der Waals surface area contributed by atoms with E-state index in [1.54, 1.807) is 13.3 Å². The Hall–Kier alpha value is -0.960. The van der Waals surface area contributed by atoms with E-state index in [1.807, 2.05) is 19.1 Å². The van der Waals surface area contributed by atoms with Gasteiger partial charge in [0.15, 0.2) is 5.76 Å². The number of hydrogen-bond acceptors (Lipinski definition) is 3. The number of methoxy groups -OCH3 is 1. The molecule has 61 valence electrons. The van der Waals surface area contributed by atoms with E-state index in [9.17, 15) is 0 Å². The van der Waals surface area contributed by atoms with Crippen LogP contribution in [0.2, 0.25) is 0 Å². The Kier molecular flexibility index (Phi) is 2.98. The van der Waals surface area contributed by atoms with Crippen molar-refractivity contribution in [2.75, 3.05) is 13.7 Å². The highest BCUT2D eigenvalue weighted by atomic mass is 16.5. The van der Waals surface area contributed by atoms with Gasteiger partial charge in [0, 0.05) is 7.11 Å². The largest absolute Gasteiger partial charge is 0.493 e. The highest BCUT2D eigenvalue weighted by Crippen LogP contribution is 2.15. The van der Waals surface area contributed by atoms with Gasteiger partial charge in [-0.2, -0.15) is 0 Å². The predicted molar refractivity (Wildman–Crippen MR) is 42.2 cm³/mol. The van der Waals surface area contributed by atoms with E-state index in [-0.39, 0.29) is 0 Å². The van der Waals surface area contributed by atoms with Crippen LogP contribution in [-0.2, 0) is 9.47 Å². The summed E-state index contributed by atoms with van der Waals surface area (Å²) in [6.45, 7) is 2.58. The van der Waals surface area contributed by atoms with Crippen molar-refractivity contribution in [3.63, 3.8) is 0 Å². The van der Waals surface area contributed by atoms with Crippen molar-refractivity contribution >= 4 is 0 Å². The topological polar surface area (TPSA) is 30.5 Å². The van der Waals surface area contributed by atoms with Gasteiger partial charge in [0.25, 0.3) is 6.23 Å².